The van der Waals surface area contributed by atoms with Crippen LogP contribution in [0.3, 0.4) is 0 Å². The number of hydrogen-bond acceptors (Lipinski definition) is 2. The molecule has 23 heavy (non-hydrogen) atoms. The molecule has 1 atom stereocenters. The predicted octanol–water partition coefficient (Wildman–Crippen LogP) is 3.57. The first-order chi connectivity index (χ1) is 11.0. The van der Waals surface area contributed by atoms with Gasteiger partial charge in [0.05, 0.1) is 0 Å². The lowest BCUT2D eigenvalue weighted by Gasteiger charge is -2.16. The molecule has 3 nitrogen and oxygen atoms in total. The minimum absolute atomic E-state index is 0.160. The molecule has 0 unspecified atom stereocenters. The van der Waals surface area contributed by atoms with Crippen LogP contribution < -0.4 is 10.1 Å². The summed E-state index contributed by atoms with van der Waals surface area (Å²) in [4.78, 5) is 12.1. The molecule has 2 aromatic carbocycles. The molecule has 0 saturated carbocycles. The minimum Gasteiger partial charge on any atom is -0.481 e. The van der Waals surface area contributed by atoms with Gasteiger partial charge in [-0.2, -0.15) is 0 Å². The molecule has 0 bridgehead atoms. The smallest absolute Gasteiger partial charge is 0.260 e. The van der Waals surface area contributed by atoms with Crippen molar-refractivity contribution in [3.05, 3.63) is 65.0 Å². The van der Waals surface area contributed by atoms with Crippen molar-refractivity contribution in [3.8, 4) is 5.75 Å². The van der Waals surface area contributed by atoms with E-state index in [0.29, 0.717) is 13.0 Å². The van der Waals surface area contributed by atoms with Crippen LogP contribution in [0.25, 0.3) is 0 Å². The Balaban J connectivity index is 1.81. The van der Waals surface area contributed by atoms with Crippen molar-refractivity contribution in [3.63, 3.8) is 0 Å². The van der Waals surface area contributed by atoms with E-state index < -0.39 is 6.10 Å². The molecular formula is C19H22FNO2. The molecule has 0 aliphatic heterocycles. The molecule has 0 aliphatic rings. The summed E-state index contributed by atoms with van der Waals surface area (Å²) >= 11 is 0. The SMILES string of the molecule is Cc1ccc(O[C@H](C)C(=O)NCCc2ccc(F)cc2)c(C)c1. The van der Waals surface area contributed by atoms with Gasteiger partial charge in [0.15, 0.2) is 6.10 Å². The standard InChI is InChI=1S/C19H22FNO2/c1-13-4-9-18(14(2)12-13)23-15(3)19(22)21-11-10-16-5-7-17(20)8-6-16/h4-9,12,15H,10-11H2,1-3H3,(H,21,22)/t15-/m1/s1. The van der Waals surface area contributed by atoms with E-state index >= 15 is 0 Å². The number of hydrogen-bond donors (Lipinski definition) is 1. The number of carbonyl (C=O) groups is 1. The van der Waals surface area contributed by atoms with E-state index in [2.05, 4.69) is 5.32 Å². The number of nitrogens with one attached hydrogen (secondary N) is 1. The van der Waals surface area contributed by atoms with Gasteiger partial charge >= 0.3 is 0 Å². The van der Waals surface area contributed by atoms with Gasteiger partial charge in [-0.25, -0.2) is 4.39 Å². The quantitative estimate of drug-likeness (QED) is 0.885. The Labute approximate surface area is 136 Å². The van der Waals surface area contributed by atoms with E-state index in [1.165, 1.54) is 12.1 Å². The summed E-state index contributed by atoms with van der Waals surface area (Å²) in [5.41, 5.74) is 3.15. The van der Waals surface area contributed by atoms with Crippen molar-refractivity contribution in [1.29, 1.82) is 0 Å². The molecular weight excluding hydrogens is 293 g/mol. The number of amides is 1. The molecule has 2 rings (SSSR count). The van der Waals surface area contributed by atoms with Gasteiger partial charge in [-0.3, -0.25) is 4.79 Å². The first kappa shape index (κ1) is 17.0. The zero-order chi connectivity index (χ0) is 16.8. The molecule has 0 aliphatic carbocycles. The average molecular weight is 315 g/mol. The summed E-state index contributed by atoms with van der Waals surface area (Å²) in [6, 6.07) is 12.1. The highest BCUT2D eigenvalue weighted by Gasteiger charge is 2.15. The van der Waals surface area contributed by atoms with Crippen LogP contribution in [0.2, 0.25) is 0 Å². The van der Waals surface area contributed by atoms with Crippen LogP contribution in [0.5, 0.6) is 5.75 Å². The Morgan fingerprint density at radius 2 is 1.87 bits per heavy atom. The summed E-state index contributed by atoms with van der Waals surface area (Å²) in [6.45, 7) is 6.20. The summed E-state index contributed by atoms with van der Waals surface area (Å²) < 4.78 is 18.5. The Bertz CT molecular complexity index is 668. The largest absolute Gasteiger partial charge is 0.481 e. The normalized spacial score (nSPS) is 11.8. The van der Waals surface area contributed by atoms with Crippen molar-refractivity contribution >= 4 is 5.91 Å². The Kier molecular flexibility index (Phi) is 5.74. The summed E-state index contributed by atoms with van der Waals surface area (Å²) in [5, 5.41) is 2.84. The maximum atomic E-state index is 12.8. The summed E-state index contributed by atoms with van der Waals surface area (Å²) in [7, 11) is 0. The Morgan fingerprint density at radius 1 is 1.17 bits per heavy atom. The van der Waals surface area contributed by atoms with Crippen molar-refractivity contribution in [2.45, 2.75) is 33.3 Å². The predicted molar refractivity (Wildman–Crippen MR) is 89.1 cm³/mol. The number of halogens is 1. The highest BCUT2D eigenvalue weighted by atomic mass is 19.1. The van der Waals surface area contributed by atoms with Crippen LogP contribution >= 0.6 is 0 Å². The number of carbonyl (C=O) groups excluding carboxylic acids is 1. The third-order valence-electron chi connectivity index (χ3n) is 3.63. The van der Waals surface area contributed by atoms with Gasteiger partial charge in [0.25, 0.3) is 5.91 Å². The second-order valence-corrected chi connectivity index (χ2v) is 5.70. The number of benzene rings is 2. The third kappa shape index (κ3) is 5.09. The average Bonchev–Trinajstić information content (AvgIpc) is 2.51. The molecule has 0 fully saturated rings. The van der Waals surface area contributed by atoms with Crippen LogP contribution in [0.4, 0.5) is 4.39 Å². The first-order valence-corrected chi connectivity index (χ1v) is 7.72. The highest BCUT2D eigenvalue weighted by molar-refractivity contribution is 5.80. The summed E-state index contributed by atoms with van der Waals surface area (Å²) in [5.74, 6) is 0.303. The van der Waals surface area contributed by atoms with Gasteiger partial charge in [-0.15, -0.1) is 0 Å². The van der Waals surface area contributed by atoms with Crippen molar-refractivity contribution in [2.24, 2.45) is 0 Å². The molecule has 1 N–H and O–H groups in total. The van der Waals surface area contributed by atoms with E-state index in [1.807, 2.05) is 32.0 Å². The maximum absolute atomic E-state index is 12.8. The molecule has 4 heteroatoms. The van der Waals surface area contributed by atoms with Gasteiger partial charge in [0.1, 0.15) is 11.6 Å². The Morgan fingerprint density at radius 3 is 2.52 bits per heavy atom. The zero-order valence-electron chi connectivity index (χ0n) is 13.7. The second kappa shape index (κ2) is 7.77. The molecule has 1 amide bonds. The van der Waals surface area contributed by atoms with Crippen molar-refractivity contribution < 1.29 is 13.9 Å². The second-order valence-electron chi connectivity index (χ2n) is 5.70. The number of ether oxygens (including phenoxy) is 1. The Hall–Kier alpha value is -2.36. The topological polar surface area (TPSA) is 38.3 Å². The number of aryl methyl sites for hydroxylation is 2. The molecule has 2 aromatic rings. The first-order valence-electron chi connectivity index (χ1n) is 7.72. The fourth-order valence-electron chi connectivity index (χ4n) is 2.30. The van der Waals surface area contributed by atoms with Gasteiger partial charge in [-0.1, -0.05) is 29.8 Å². The van der Waals surface area contributed by atoms with E-state index in [4.69, 9.17) is 4.74 Å². The lowest BCUT2D eigenvalue weighted by atomic mass is 10.1. The van der Waals surface area contributed by atoms with E-state index in [-0.39, 0.29) is 11.7 Å². The van der Waals surface area contributed by atoms with E-state index in [9.17, 15) is 9.18 Å². The third-order valence-corrected chi connectivity index (χ3v) is 3.63. The lowest BCUT2D eigenvalue weighted by molar-refractivity contribution is -0.127. The molecule has 0 heterocycles. The van der Waals surface area contributed by atoms with Gasteiger partial charge in [0.2, 0.25) is 0 Å². The molecule has 0 aromatic heterocycles. The zero-order valence-corrected chi connectivity index (χ0v) is 13.7. The summed E-state index contributed by atoms with van der Waals surface area (Å²) in [6.07, 6.45) is 0.0899. The van der Waals surface area contributed by atoms with Gasteiger partial charge in [-0.05, 0) is 56.5 Å². The van der Waals surface area contributed by atoms with Crippen LogP contribution in [0.15, 0.2) is 42.5 Å². The van der Waals surface area contributed by atoms with Crippen LogP contribution in [-0.4, -0.2) is 18.6 Å². The minimum atomic E-state index is -0.565. The fourth-order valence-corrected chi connectivity index (χ4v) is 2.30. The molecule has 122 valence electrons. The van der Waals surface area contributed by atoms with Crippen molar-refractivity contribution in [1.82, 2.24) is 5.32 Å². The van der Waals surface area contributed by atoms with E-state index in [1.54, 1.807) is 19.1 Å². The van der Waals surface area contributed by atoms with Crippen LogP contribution in [0.1, 0.15) is 23.6 Å². The maximum Gasteiger partial charge on any atom is 0.260 e. The van der Waals surface area contributed by atoms with Crippen LogP contribution in [0, 0.1) is 19.7 Å². The van der Waals surface area contributed by atoms with Crippen LogP contribution in [-0.2, 0) is 11.2 Å². The highest BCUT2D eigenvalue weighted by Crippen LogP contribution is 2.20. The van der Waals surface area contributed by atoms with Gasteiger partial charge < -0.3 is 10.1 Å². The fraction of sp³-hybridized carbons (Fsp3) is 0.316. The molecule has 0 radical (unpaired) electrons. The molecule has 0 saturated heterocycles. The monoisotopic (exact) mass is 315 g/mol. The van der Waals surface area contributed by atoms with Crippen molar-refractivity contribution in [2.75, 3.05) is 6.54 Å². The lowest BCUT2D eigenvalue weighted by Crippen LogP contribution is -2.37. The number of rotatable bonds is 6. The van der Waals surface area contributed by atoms with E-state index in [0.717, 1.165) is 22.4 Å². The molecule has 0 spiro atoms. The van der Waals surface area contributed by atoms with Gasteiger partial charge in [0, 0.05) is 6.54 Å².